The Kier molecular flexibility index (Phi) is 8.68. The average Bonchev–Trinajstić information content (AvgIpc) is 3.59. The molecule has 0 spiro atoms. The molecule has 4 heterocycles. The number of fused-ring (bicyclic) bond motifs is 2. The van der Waals surface area contributed by atoms with Crippen LogP contribution in [0.4, 0.5) is 4.39 Å². The first-order valence-corrected chi connectivity index (χ1v) is 15.9. The van der Waals surface area contributed by atoms with Crippen molar-refractivity contribution in [3.8, 4) is 5.88 Å². The van der Waals surface area contributed by atoms with Crippen LogP contribution in [0, 0.1) is 5.82 Å². The van der Waals surface area contributed by atoms with Crippen molar-refractivity contribution in [1.29, 1.82) is 0 Å². The van der Waals surface area contributed by atoms with Gasteiger partial charge in [-0.05, 0) is 67.3 Å². The lowest BCUT2D eigenvalue weighted by atomic mass is 9.81. The predicted octanol–water partition coefficient (Wildman–Crippen LogP) is 7.01. The van der Waals surface area contributed by atoms with E-state index in [1.54, 1.807) is 24.3 Å². The SMILES string of the molecule is CCc1onc(OCCCc2ncc(C3=C(C(=O)N(Cc4cccc(Cl)c4Cl)C4CC4)C4CCC[C@@H](C3)N4)s2)c1F. The molecule has 1 saturated heterocycles. The maximum atomic E-state index is 14.3. The Labute approximate surface area is 253 Å². The van der Waals surface area contributed by atoms with E-state index in [4.69, 9.17) is 32.5 Å². The number of hydrogen-bond acceptors (Lipinski definition) is 7. The van der Waals surface area contributed by atoms with Gasteiger partial charge in [-0.2, -0.15) is 4.39 Å². The highest BCUT2D eigenvalue weighted by molar-refractivity contribution is 7.12. The summed E-state index contributed by atoms with van der Waals surface area (Å²) in [5.41, 5.74) is 2.85. The number of nitrogens with one attached hydrogen (secondary N) is 1. The summed E-state index contributed by atoms with van der Waals surface area (Å²) in [5, 5.41) is 9.37. The van der Waals surface area contributed by atoms with Crippen molar-refractivity contribution in [3.63, 3.8) is 0 Å². The Hall–Kier alpha value is -2.46. The number of carbonyl (C=O) groups is 1. The minimum absolute atomic E-state index is 0.0328. The Morgan fingerprint density at radius 1 is 1.27 bits per heavy atom. The van der Waals surface area contributed by atoms with E-state index in [-0.39, 0.29) is 29.6 Å². The molecule has 1 aliphatic carbocycles. The lowest BCUT2D eigenvalue weighted by Crippen LogP contribution is -2.51. The molecule has 1 aromatic carbocycles. The third kappa shape index (κ3) is 6.19. The van der Waals surface area contributed by atoms with Gasteiger partial charge in [0.15, 0.2) is 5.76 Å². The summed E-state index contributed by atoms with van der Waals surface area (Å²) in [4.78, 5) is 22.1. The van der Waals surface area contributed by atoms with Gasteiger partial charge in [0.05, 0.1) is 26.5 Å². The third-order valence-electron chi connectivity index (χ3n) is 8.07. The average molecular weight is 620 g/mol. The summed E-state index contributed by atoms with van der Waals surface area (Å²) < 4.78 is 24.6. The Morgan fingerprint density at radius 2 is 2.12 bits per heavy atom. The van der Waals surface area contributed by atoms with Crippen molar-refractivity contribution >= 4 is 46.0 Å². The number of thiazole rings is 1. The maximum Gasteiger partial charge on any atom is 0.291 e. The Bertz CT molecular complexity index is 1450. The van der Waals surface area contributed by atoms with Gasteiger partial charge >= 0.3 is 0 Å². The normalized spacial score (nSPS) is 20.4. The van der Waals surface area contributed by atoms with Crippen molar-refractivity contribution in [2.75, 3.05) is 6.61 Å². The molecule has 2 atom stereocenters. The molecule has 7 nitrogen and oxygen atoms in total. The molecule has 1 saturated carbocycles. The van der Waals surface area contributed by atoms with Gasteiger partial charge in [-0.3, -0.25) is 4.79 Å². The van der Waals surface area contributed by atoms with Gasteiger partial charge in [-0.25, -0.2) is 4.98 Å². The van der Waals surface area contributed by atoms with Crippen LogP contribution in [0.15, 0.2) is 34.5 Å². The van der Waals surface area contributed by atoms with Crippen LogP contribution in [0.1, 0.15) is 73.1 Å². The Balaban J connectivity index is 1.21. The van der Waals surface area contributed by atoms with Crippen LogP contribution in [-0.2, 0) is 24.2 Å². The number of rotatable bonds is 11. The number of aryl methyl sites for hydroxylation is 2. The van der Waals surface area contributed by atoms with E-state index in [1.165, 1.54) is 0 Å². The van der Waals surface area contributed by atoms with Crippen molar-refractivity contribution in [3.05, 3.63) is 67.0 Å². The fraction of sp³-hybridized carbons (Fsp3) is 0.500. The minimum Gasteiger partial charge on any atom is -0.473 e. The molecule has 0 radical (unpaired) electrons. The largest absolute Gasteiger partial charge is 0.473 e. The number of hydrogen-bond donors (Lipinski definition) is 1. The van der Waals surface area contributed by atoms with Crippen LogP contribution in [0.2, 0.25) is 10.0 Å². The van der Waals surface area contributed by atoms with Crippen LogP contribution in [0.5, 0.6) is 5.88 Å². The van der Waals surface area contributed by atoms with Crippen LogP contribution < -0.4 is 10.1 Å². The highest BCUT2D eigenvalue weighted by Crippen LogP contribution is 2.41. The summed E-state index contributed by atoms with van der Waals surface area (Å²) in [6.07, 6.45) is 9.64. The zero-order chi connectivity index (χ0) is 28.5. The van der Waals surface area contributed by atoms with Crippen molar-refractivity contribution in [2.24, 2.45) is 0 Å². The molecule has 1 amide bonds. The van der Waals surface area contributed by atoms with Gasteiger partial charge in [0, 0.05) is 49.3 Å². The topological polar surface area (TPSA) is 80.5 Å². The zero-order valence-corrected chi connectivity index (χ0v) is 25.3. The zero-order valence-electron chi connectivity index (χ0n) is 22.9. The molecule has 3 aliphatic rings. The van der Waals surface area contributed by atoms with E-state index >= 15 is 0 Å². The van der Waals surface area contributed by atoms with Crippen LogP contribution in [0.3, 0.4) is 0 Å². The van der Waals surface area contributed by atoms with Crippen molar-refractivity contribution in [2.45, 2.75) is 89.4 Å². The number of nitrogens with zero attached hydrogens (tertiary/aromatic N) is 3. The highest BCUT2D eigenvalue weighted by atomic mass is 35.5. The van der Waals surface area contributed by atoms with Crippen LogP contribution >= 0.6 is 34.5 Å². The number of ether oxygens (including phenoxy) is 1. The van der Waals surface area contributed by atoms with Crippen LogP contribution in [-0.4, -0.2) is 45.7 Å². The fourth-order valence-corrected chi connectivity index (χ4v) is 7.22. The smallest absolute Gasteiger partial charge is 0.291 e. The molecular weight excluding hydrogens is 586 g/mol. The highest BCUT2D eigenvalue weighted by Gasteiger charge is 2.41. The number of amides is 1. The molecule has 11 heteroatoms. The van der Waals surface area contributed by atoms with Gasteiger partial charge in [-0.15, -0.1) is 11.3 Å². The van der Waals surface area contributed by atoms with E-state index in [1.807, 2.05) is 23.2 Å². The second-order valence-corrected chi connectivity index (χ2v) is 12.9. The first-order chi connectivity index (χ1) is 19.9. The van der Waals surface area contributed by atoms with E-state index in [9.17, 15) is 9.18 Å². The van der Waals surface area contributed by atoms with E-state index < -0.39 is 5.82 Å². The van der Waals surface area contributed by atoms with E-state index in [0.29, 0.717) is 48.5 Å². The van der Waals surface area contributed by atoms with Gasteiger partial charge < -0.3 is 19.5 Å². The molecule has 2 aliphatic heterocycles. The van der Waals surface area contributed by atoms with Crippen molar-refractivity contribution < 1.29 is 18.4 Å². The minimum atomic E-state index is -0.525. The number of aromatic nitrogens is 2. The summed E-state index contributed by atoms with van der Waals surface area (Å²) in [6, 6.07) is 6.21. The standard InChI is InChI=1S/C30H33Cl2FN4O3S/c1-2-23-28(33)29(36-40-23)39-13-5-10-25-34-15-24(41-25)20-14-18-7-4-9-22(35-18)26(20)30(38)37(19-11-12-19)16-17-6-3-8-21(31)27(17)32/h3,6,8,15,18-19,22,35H,2,4-5,7,9-14,16H2,1H3/t18-,22?/m0/s1. The molecule has 218 valence electrons. The lowest BCUT2D eigenvalue weighted by molar-refractivity contribution is -0.128. The number of benzene rings is 1. The summed E-state index contributed by atoms with van der Waals surface area (Å²) in [6.45, 7) is 2.55. The quantitative estimate of drug-likeness (QED) is 0.233. The molecule has 1 N–H and O–H groups in total. The predicted molar refractivity (Wildman–Crippen MR) is 158 cm³/mol. The first-order valence-electron chi connectivity index (χ1n) is 14.4. The number of piperidine rings is 1. The van der Waals surface area contributed by atoms with Crippen molar-refractivity contribution in [1.82, 2.24) is 20.4 Å². The molecule has 2 fully saturated rings. The van der Waals surface area contributed by atoms with Gasteiger partial charge in [0.2, 0.25) is 5.82 Å². The summed E-state index contributed by atoms with van der Waals surface area (Å²) in [7, 11) is 0. The molecule has 3 aromatic rings. The number of halogens is 3. The molecular formula is C30H33Cl2FN4O3S. The molecule has 2 aromatic heterocycles. The fourth-order valence-electron chi connectivity index (χ4n) is 5.81. The second-order valence-electron chi connectivity index (χ2n) is 11.0. The number of carbonyl (C=O) groups excluding carboxylic acids is 1. The van der Waals surface area contributed by atoms with Gasteiger partial charge in [0.1, 0.15) is 0 Å². The monoisotopic (exact) mass is 618 g/mol. The van der Waals surface area contributed by atoms with E-state index in [2.05, 4.69) is 15.5 Å². The molecule has 6 rings (SSSR count). The molecule has 1 unspecified atom stereocenters. The molecule has 41 heavy (non-hydrogen) atoms. The second kappa shape index (κ2) is 12.4. The summed E-state index contributed by atoms with van der Waals surface area (Å²) >= 11 is 14.5. The lowest BCUT2D eigenvalue weighted by Gasteiger charge is -2.40. The first kappa shape index (κ1) is 28.6. The Morgan fingerprint density at radius 3 is 2.90 bits per heavy atom. The van der Waals surface area contributed by atoms with Gasteiger partial charge in [0.25, 0.3) is 11.8 Å². The third-order valence-corrected chi connectivity index (χ3v) is 10.0. The van der Waals surface area contributed by atoms with Crippen LogP contribution in [0.25, 0.3) is 5.57 Å². The summed E-state index contributed by atoms with van der Waals surface area (Å²) in [5.74, 6) is -0.329. The van der Waals surface area contributed by atoms with Gasteiger partial charge in [-0.1, -0.05) is 42.3 Å². The van der Waals surface area contributed by atoms with E-state index in [0.717, 1.165) is 65.1 Å². The molecule has 2 bridgehead atoms. The maximum absolute atomic E-state index is 14.3.